The average Bonchev–Trinajstić information content (AvgIpc) is 3.72. The zero-order valence-electron chi connectivity index (χ0n) is 22.3. The maximum absolute atomic E-state index is 15.9. The van der Waals surface area contributed by atoms with Crippen molar-refractivity contribution >= 4 is 49.7 Å². The number of ether oxygens (including phenoxy) is 1. The molecule has 0 radical (unpaired) electrons. The molecule has 9 atom stereocenters. The van der Waals surface area contributed by atoms with Crippen LogP contribution in [0.1, 0.15) is 25.1 Å². The van der Waals surface area contributed by atoms with Gasteiger partial charge in [0.25, 0.3) is 5.56 Å². The quantitative estimate of drug-likeness (QED) is 0.181. The highest BCUT2D eigenvalue weighted by Crippen LogP contribution is 2.55. The number of phosphoric acid groups is 2. The molecule has 44 heavy (non-hydrogen) atoms. The van der Waals surface area contributed by atoms with E-state index >= 15 is 4.39 Å². The molecule has 1 aliphatic carbocycles. The van der Waals surface area contributed by atoms with Gasteiger partial charge in [-0.25, -0.2) is 33.5 Å². The lowest BCUT2D eigenvalue weighted by Crippen LogP contribution is -2.35. The number of anilines is 2. The van der Waals surface area contributed by atoms with Crippen LogP contribution in [0.5, 0.6) is 0 Å². The van der Waals surface area contributed by atoms with Crippen molar-refractivity contribution < 1.29 is 46.1 Å². The number of nitrogens with one attached hydrogen (secondary N) is 1. The molecule has 2 aliphatic heterocycles. The molecular weight excluding hydrogens is 633 g/mol. The normalized spacial score (nSPS) is 36.6. The third-order valence-electron chi connectivity index (χ3n) is 7.75. The van der Waals surface area contributed by atoms with Crippen LogP contribution in [0.15, 0.2) is 23.8 Å². The van der Waals surface area contributed by atoms with E-state index in [9.17, 15) is 23.7 Å². The Morgan fingerprint density at radius 1 is 0.932 bits per heavy atom. The van der Waals surface area contributed by atoms with Gasteiger partial charge < -0.3 is 30.6 Å². The van der Waals surface area contributed by atoms with Gasteiger partial charge in [-0.2, -0.15) is 4.98 Å². The number of hydrogen-bond donors (Lipinski definition) is 5. The first-order chi connectivity index (χ1) is 20.9. The van der Waals surface area contributed by atoms with Crippen molar-refractivity contribution in [1.29, 1.82) is 0 Å². The summed E-state index contributed by atoms with van der Waals surface area (Å²) in [6.45, 7) is -1.25. The molecule has 2 saturated heterocycles. The SMILES string of the molecule is Nc1nc2c(ncn2[C@@H]2C[C@@H]3COP(=O)(O)O[C@H]4[C@@H](F)[C@H](n5cnc6c(N)ncnc65)O[C@@H]4COP(=O)(O)O[C@H]3C2)c(=O)[nH]1. The number of aromatic nitrogens is 8. The highest BCUT2D eigenvalue weighted by molar-refractivity contribution is 7.47. The minimum Gasteiger partial charge on any atom is -0.382 e. The molecule has 0 amide bonds. The number of nitrogen functional groups attached to an aromatic ring is 2. The van der Waals surface area contributed by atoms with Gasteiger partial charge in [0.15, 0.2) is 35.0 Å². The molecule has 7 N–H and O–H groups in total. The van der Waals surface area contributed by atoms with Crippen molar-refractivity contribution in [3.63, 3.8) is 0 Å². The van der Waals surface area contributed by atoms with Gasteiger partial charge >= 0.3 is 15.6 Å². The fraction of sp³-hybridized carbons (Fsp3) is 0.524. The number of imidazole rings is 2. The van der Waals surface area contributed by atoms with Crippen LogP contribution >= 0.6 is 15.6 Å². The number of aromatic amines is 1. The number of halogens is 1. The Kier molecular flexibility index (Phi) is 7.07. The molecule has 236 valence electrons. The second-order valence-electron chi connectivity index (χ2n) is 10.5. The van der Waals surface area contributed by atoms with E-state index in [-0.39, 0.29) is 46.9 Å². The van der Waals surface area contributed by atoms with E-state index in [1.807, 2.05) is 0 Å². The van der Waals surface area contributed by atoms with Gasteiger partial charge in [-0.3, -0.25) is 32.4 Å². The Morgan fingerprint density at radius 3 is 2.48 bits per heavy atom. The molecule has 4 aromatic heterocycles. The predicted octanol–water partition coefficient (Wildman–Crippen LogP) is 0.328. The Balaban J connectivity index is 1.15. The van der Waals surface area contributed by atoms with E-state index < -0.39 is 77.1 Å². The van der Waals surface area contributed by atoms with Crippen LogP contribution in [0.3, 0.4) is 0 Å². The summed E-state index contributed by atoms with van der Waals surface area (Å²) in [6.07, 6.45) is -3.97. The summed E-state index contributed by atoms with van der Waals surface area (Å²) in [5, 5.41) is 0. The van der Waals surface area contributed by atoms with Crippen LogP contribution in [-0.4, -0.2) is 86.5 Å². The number of hydrogen-bond acceptors (Lipinski definition) is 15. The van der Waals surface area contributed by atoms with Crippen molar-refractivity contribution in [3.8, 4) is 0 Å². The van der Waals surface area contributed by atoms with Crippen LogP contribution in [0, 0.1) is 5.92 Å². The monoisotopic (exact) mass is 658 g/mol. The zero-order chi connectivity index (χ0) is 31.0. The lowest BCUT2D eigenvalue weighted by Gasteiger charge is -2.27. The lowest BCUT2D eigenvalue weighted by atomic mass is 10.1. The van der Waals surface area contributed by atoms with Crippen molar-refractivity contribution in [3.05, 3.63) is 29.3 Å². The summed E-state index contributed by atoms with van der Waals surface area (Å²) >= 11 is 0. The number of nitrogens with zero attached hydrogens (tertiary/aromatic N) is 7. The Labute approximate surface area is 244 Å². The Morgan fingerprint density at radius 2 is 1.66 bits per heavy atom. The van der Waals surface area contributed by atoms with Crippen molar-refractivity contribution in [2.24, 2.45) is 5.92 Å². The molecule has 1 saturated carbocycles. The van der Waals surface area contributed by atoms with Crippen LogP contribution in [-0.2, 0) is 32.0 Å². The van der Waals surface area contributed by atoms with Gasteiger partial charge in [0.05, 0.1) is 32.0 Å². The molecular formula is C21H25FN10O10P2. The highest BCUT2D eigenvalue weighted by atomic mass is 31.2. The van der Waals surface area contributed by atoms with E-state index in [1.165, 1.54) is 17.2 Å². The maximum atomic E-state index is 15.9. The molecule has 2 unspecified atom stereocenters. The van der Waals surface area contributed by atoms with Crippen molar-refractivity contribution in [2.75, 3.05) is 24.7 Å². The summed E-state index contributed by atoms with van der Waals surface area (Å²) in [5.41, 5.74) is 11.4. The number of phosphoric ester groups is 2. The smallest absolute Gasteiger partial charge is 0.382 e. The van der Waals surface area contributed by atoms with Gasteiger partial charge in [0.2, 0.25) is 5.95 Å². The van der Waals surface area contributed by atoms with Gasteiger partial charge in [-0.05, 0) is 12.8 Å². The van der Waals surface area contributed by atoms with Gasteiger partial charge in [-0.15, -0.1) is 0 Å². The number of rotatable bonds is 2. The standard InChI is InChI=1S/C21H25FN10O10P2/c22-12-15-11(40-20(12)32-7-27-13-16(23)25-5-26-17(13)32)4-39-43(34,35)41-10-2-9(1-8(10)3-38-44(36,37)42-15)31-6-28-14-18(31)29-21(24)30-19(14)33/h5-12,15,20H,1-4H2,(H,34,35)(H,36,37)(H2,23,25,26)(H3,24,29,30,33)/t8-,9-,10+,11-,12-,15-,20-/m1/s1. The molecule has 0 bridgehead atoms. The third-order valence-corrected chi connectivity index (χ3v) is 9.75. The maximum Gasteiger partial charge on any atom is 0.472 e. The van der Waals surface area contributed by atoms with E-state index in [0.29, 0.717) is 0 Å². The number of H-pyrrole nitrogens is 1. The number of fused-ring (bicyclic) bond motifs is 4. The number of alkyl halides is 1. The van der Waals surface area contributed by atoms with Gasteiger partial charge in [-0.1, -0.05) is 0 Å². The molecule has 0 spiro atoms. The summed E-state index contributed by atoms with van der Waals surface area (Å²) in [5.74, 6) is -0.862. The first-order valence-electron chi connectivity index (χ1n) is 13.2. The minimum absolute atomic E-state index is 0.0249. The molecule has 20 nitrogen and oxygen atoms in total. The van der Waals surface area contributed by atoms with Gasteiger partial charge in [0, 0.05) is 12.0 Å². The summed E-state index contributed by atoms with van der Waals surface area (Å²) in [4.78, 5) is 55.9. The van der Waals surface area contributed by atoms with Crippen LogP contribution in [0.25, 0.3) is 22.3 Å². The first-order valence-corrected chi connectivity index (χ1v) is 16.1. The second kappa shape index (κ2) is 10.6. The first kappa shape index (κ1) is 29.3. The molecule has 23 heteroatoms. The average molecular weight is 658 g/mol. The fourth-order valence-corrected chi connectivity index (χ4v) is 7.77. The fourth-order valence-electron chi connectivity index (χ4n) is 5.78. The van der Waals surface area contributed by atoms with Crippen LogP contribution < -0.4 is 17.0 Å². The van der Waals surface area contributed by atoms with E-state index in [1.54, 1.807) is 4.57 Å². The van der Waals surface area contributed by atoms with E-state index in [2.05, 4.69) is 29.9 Å². The predicted molar refractivity (Wildman–Crippen MR) is 144 cm³/mol. The Hall–Kier alpha value is -3.39. The molecule has 3 aliphatic rings. The summed E-state index contributed by atoms with van der Waals surface area (Å²) in [6, 6.07) is -0.502. The van der Waals surface area contributed by atoms with Crippen molar-refractivity contribution in [1.82, 2.24) is 39.0 Å². The highest BCUT2D eigenvalue weighted by Gasteiger charge is 2.52. The zero-order valence-corrected chi connectivity index (χ0v) is 24.1. The van der Waals surface area contributed by atoms with E-state index in [4.69, 9.17) is 34.3 Å². The van der Waals surface area contributed by atoms with Crippen LogP contribution in [0.4, 0.5) is 16.2 Å². The van der Waals surface area contributed by atoms with Gasteiger partial charge in [0.1, 0.15) is 24.1 Å². The second-order valence-corrected chi connectivity index (χ2v) is 13.3. The largest absolute Gasteiger partial charge is 0.472 e. The molecule has 4 aromatic rings. The topological polar surface area (TPSA) is 280 Å². The third kappa shape index (κ3) is 5.19. The van der Waals surface area contributed by atoms with Crippen LogP contribution in [0.2, 0.25) is 0 Å². The van der Waals surface area contributed by atoms with Crippen molar-refractivity contribution in [2.45, 2.75) is 49.6 Å². The Bertz CT molecular complexity index is 1900. The minimum atomic E-state index is -4.95. The molecule has 6 heterocycles. The molecule has 0 aromatic carbocycles. The summed E-state index contributed by atoms with van der Waals surface area (Å²) in [7, 11) is -9.76. The lowest BCUT2D eigenvalue weighted by molar-refractivity contribution is -0.0523. The number of nitrogens with two attached hydrogens (primary N) is 2. The van der Waals surface area contributed by atoms with E-state index in [0.717, 1.165) is 6.33 Å². The molecule has 3 fully saturated rings. The summed E-state index contributed by atoms with van der Waals surface area (Å²) < 4.78 is 71.6. The molecule has 7 rings (SSSR count).